The van der Waals surface area contributed by atoms with Gasteiger partial charge in [0.2, 0.25) is 0 Å². The van der Waals surface area contributed by atoms with Crippen molar-refractivity contribution in [1.29, 1.82) is 0 Å². The molecule has 1 rings (SSSR count). The van der Waals surface area contributed by atoms with Gasteiger partial charge in [-0.15, -0.1) is 0 Å². The third-order valence-corrected chi connectivity index (χ3v) is 2.49. The molecule has 0 heterocycles. The summed E-state index contributed by atoms with van der Waals surface area (Å²) in [4.78, 5) is 0. The summed E-state index contributed by atoms with van der Waals surface area (Å²) in [5, 5.41) is 12.2. The van der Waals surface area contributed by atoms with Crippen LogP contribution in [0.3, 0.4) is 0 Å². The SMILES string of the molecule is CPNCCc1cccc(CO)c1. The van der Waals surface area contributed by atoms with Crippen molar-refractivity contribution in [3.63, 3.8) is 0 Å². The van der Waals surface area contributed by atoms with Crippen LogP contribution < -0.4 is 5.09 Å². The fourth-order valence-electron chi connectivity index (χ4n) is 1.22. The molecule has 72 valence electrons. The molecular formula is C10H16NOP. The van der Waals surface area contributed by atoms with Crippen molar-refractivity contribution in [1.82, 2.24) is 5.09 Å². The summed E-state index contributed by atoms with van der Waals surface area (Å²) in [5.74, 6) is 0. The molecule has 1 atom stereocenters. The zero-order valence-electron chi connectivity index (χ0n) is 7.88. The second-order valence-corrected chi connectivity index (χ2v) is 3.76. The Morgan fingerprint density at radius 2 is 2.15 bits per heavy atom. The lowest BCUT2D eigenvalue weighted by Crippen LogP contribution is -2.06. The molecule has 13 heavy (non-hydrogen) atoms. The second kappa shape index (κ2) is 6.09. The van der Waals surface area contributed by atoms with E-state index in [1.165, 1.54) is 5.56 Å². The molecule has 0 saturated heterocycles. The molecule has 1 unspecified atom stereocenters. The quantitative estimate of drug-likeness (QED) is 0.554. The molecule has 0 saturated carbocycles. The Bertz CT molecular complexity index is 252. The maximum atomic E-state index is 8.92. The molecule has 1 aromatic carbocycles. The monoisotopic (exact) mass is 197 g/mol. The summed E-state index contributed by atoms with van der Waals surface area (Å²) >= 11 is 0. The van der Waals surface area contributed by atoms with Crippen molar-refractivity contribution in [2.45, 2.75) is 13.0 Å². The predicted octanol–water partition coefficient (Wildman–Crippen LogP) is 1.53. The molecule has 2 nitrogen and oxygen atoms in total. The fraction of sp³-hybridized carbons (Fsp3) is 0.400. The Kier molecular flexibility index (Phi) is 4.99. The van der Waals surface area contributed by atoms with Gasteiger partial charge in [0.05, 0.1) is 6.61 Å². The molecule has 0 aliphatic carbocycles. The average molecular weight is 197 g/mol. The van der Waals surface area contributed by atoms with Crippen LogP contribution in [0.15, 0.2) is 24.3 Å². The van der Waals surface area contributed by atoms with Crippen LogP contribution in [-0.4, -0.2) is 18.3 Å². The van der Waals surface area contributed by atoms with E-state index in [2.05, 4.69) is 23.9 Å². The standard InChI is InChI=1S/C10H16NOP/c1-13-11-6-5-9-3-2-4-10(7-9)8-12/h2-4,7,11-13H,5-6,8H2,1H3. The predicted molar refractivity (Wildman–Crippen MR) is 58.3 cm³/mol. The van der Waals surface area contributed by atoms with E-state index < -0.39 is 0 Å². The molecule has 0 radical (unpaired) electrons. The van der Waals surface area contributed by atoms with Gasteiger partial charge in [-0.1, -0.05) is 33.0 Å². The first-order valence-corrected chi connectivity index (χ1v) is 5.95. The first-order chi connectivity index (χ1) is 6.36. The van der Waals surface area contributed by atoms with Gasteiger partial charge in [0.1, 0.15) is 0 Å². The van der Waals surface area contributed by atoms with Gasteiger partial charge in [-0.05, 0) is 24.2 Å². The van der Waals surface area contributed by atoms with E-state index in [-0.39, 0.29) is 6.61 Å². The van der Waals surface area contributed by atoms with Crippen LogP contribution in [0, 0.1) is 0 Å². The smallest absolute Gasteiger partial charge is 0.0681 e. The van der Waals surface area contributed by atoms with Crippen LogP contribution in [0.2, 0.25) is 0 Å². The minimum atomic E-state index is 0.136. The Labute approximate surface area is 81.2 Å². The molecule has 0 aliphatic rings. The van der Waals surface area contributed by atoms with Gasteiger partial charge in [-0.2, -0.15) is 0 Å². The van der Waals surface area contributed by atoms with Crippen molar-refractivity contribution in [2.75, 3.05) is 13.2 Å². The van der Waals surface area contributed by atoms with E-state index >= 15 is 0 Å². The topological polar surface area (TPSA) is 32.3 Å². The second-order valence-electron chi connectivity index (χ2n) is 2.90. The van der Waals surface area contributed by atoms with Crippen molar-refractivity contribution in [2.24, 2.45) is 0 Å². The molecule has 0 aromatic heterocycles. The highest BCUT2D eigenvalue weighted by atomic mass is 31.1. The molecule has 3 heteroatoms. The summed E-state index contributed by atoms with van der Waals surface area (Å²) < 4.78 is 0. The Hall–Kier alpha value is -0.430. The van der Waals surface area contributed by atoms with E-state index in [0.717, 1.165) is 27.3 Å². The molecule has 0 aliphatic heterocycles. The first-order valence-electron chi connectivity index (χ1n) is 4.45. The van der Waals surface area contributed by atoms with Gasteiger partial charge in [0, 0.05) is 6.54 Å². The maximum Gasteiger partial charge on any atom is 0.0681 e. The van der Waals surface area contributed by atoms with Gasteiger partial charge < -0.3 is 5.11 Å². The highest BCUT2D eigenvalue weighted by Crippen LogP contribution is 2.06. The zero-order chi connectivity index (χ0) is 9.52. The number of hydrogen-bond donors (Lipinski definition) is 2. The third kappa shape index (κ3) is 3.86. The van der Waals surface area contributed by atoms with E-state index in [1.807, 2.05) is 12.1 Å². The number of rotatable bonds is 5. The van der Waals surface area contributed by atoms with E-state index in [4.69, 9.17) is 5.11 Å². The van der Waals surface area contributed by atoms with Gasteiger partial charge in [0.25, 0.3) is 0 Å². The van der Waals surface area contributed by atoms with Crippen molar-refractivity contribution in [3.05, 3.63) is 35.4 Å². The van der Waals surface area contributed by atoms with Crippen LogP contribution in [0.1, 0.15) is 11.1 Å². The van der Waals surface area contributed by atoms with Gasteiger partial charge in [0.15, 0.2) is 0 Å². The molecule has 2 N–H and O–H groups in total. The highest BCUT2D eigenvalue weighted by Gasteiger charge is 1.94. The van der Waals surface area contributed by atoms with Crippen LogP contribution in [0.5, 0.6) is 0 Å². The summed E-state index contributed by atoms with van der Waals surface area (Å²) in [7, 11) is 0.808. The Morgan fingerprint density at radius 1 is 1.38 bits per heavy atom. The molecular weight excluding hydrogens is 181 g/mol. The lowest BCUT2D eigenvalue weighted by molar-refractivity contribution is 0.281. The normalized spacial score (nSPS) is 11.2. The summed E-state index contributed by atoms with van der Waals surface area (Å²) in [6.07, 6.45) is 1.04. The third-order valence-electron chi connectivity index (χ3n) is 1.89. The van der Waals surface area contributed by atoms with Crippen molar-refractivity contribution < 1.29 is 5.11 Å². The maximum absolute atomic E-state index is 8.92. The van der Waals surface area contributed by atoms with Gasteiger partial charge in [-0.25, -0.2) is 0 Å². The van der Waals surface area contributed by atoms with Gasteiger partial charge in [-0.3, -0.25) is 5.09 Å². The molecule has 1 aromatic rings. The Morgan fingerprint density at radius 3 is 2.85 bits per heavy atom. The number of benzene rings is 1. The zero-order valence-corrected chi connectivity index (χ0v) is 8.88. The highest BCUT2D eigenvalue weighted by molar-refractivity contribution is 7.34. The average Bonchev–Trinajstić information content (AvgIpc) is 2.19. The lowest BCUT2D eigenvalue weighted by atomic mass is 10.1. The lowest BCUT2D eigenvalue weighted by Gasteiger charge is -2.03. The molecule has 0 bridgehead atoms. The first kappa shape index (κ1) is 10.6. The van der Waals surface area contributed by atoms with Gasteiger partial charge >= 0.3 is 0 Å². The number of aliphatic hydroxyl groups is 1. The van der Waals surface area contributed by atoms with Crippen molar-refractivity contribution >= 4 is 8.73 Å². The van der Waals surface area contributed by atoms with Crippen LogP contribution in [0.4, 0.5) is 0 Å². The van der Waals surface area contributed by atoms with Crippen LogP contribution >= 0.6 is 8.73 Å². The number of nitrogens with one attached hydrogen (secondary N) is 1. The number of hydrogen-bond acceptors (Lipinski definition) is 2. The van der Waals surface area contributed by atoms with E-state index in [1.54, 1.807) is 0 Å². The minimum Gasteiger partial charge on any atom is -0.392 e. The molecule has 0 spiro atoms. The van der Waals surface area contributed by atoms with Crippen LogP contribution in [0.25, 0.3) is 0 Å². The largest absolute Gasteiger partial charge is 0.392 e. The number of aliphatic hydroxyl groups excluding tert-OH is 1. The summed E-state index contributed by atoms with van der Waals surface area (Å²) in [6, 6.07) is 8.09. The van der Waals surface area contributed by atoms with Crippen molar-refractivity contribution in [3.8, 4) is 0 Å². The van der Waals surface area contributed by atoms with E-state index in [9.17, 15) is 0 Å². The van der Waals surface area contributed by atoms with E-state index in [0.29, 0.717) is 0 Å². The molecule has 0 amide bonds. The van der Waals surface area contributed by atoms with Crippen LogP contribution in [-0.2, 0) is 13.0 Å². The Balaban J connectivity index is 2.46. The minimum absolute atomic E-state index is 0.136. The summed E-state index contributed by atoms with van der Waals surface area (Å²) in [5.41, 5.74) is 2.29. The summed E-state index contributed by atoms with van der Waals surface area (Å²) in [6.45, 7) is 3.28. The molecule has 0 fully saturated rings. The fourth-order valence-corrected chi connectivity index (χ4v) is 1.59.